The Morgan fingerprint density at radius 1 is 1.11 bits per heavy atom. The van der Waals surface area contributed by atoms with Crippen molar-refractivity contribution in [2.24, 2.45) is 0 Å². The fourth-order valence-corrected chi connectivity index (χ4v) is 3.12. The molecule has 0 atom stereocenters. The number of nitrogens with zero attached hydrogens (tertiary/aromatic N) is 2. The van der Waals surface area contributed by atoms with Crippen LogP contribution in [0.1, 0.15) is 11.5 Å². The zero-order valence-corrected chi connectivity index (χ0v) is 13.0. The van der Waals surface area contributed by atoms with Gasteiger partial charge in [-0.15, -0.1) is 0 Å². The second-order valence-electron chi connectivity index (χ2n) is 4.35. The molecule has 0 aliphatic rings. The van der Waals surface area contributed by atoms with Crippen molar-refractivity contribution in [3.05, 3.63) is 46.3 Å². The van der Waals surface area contributed by atoms with Gasteiger partial charge in [-0.05, 0) is 44.2 Å². The monoisotopic (exact) mass is 333 g/mol. The van der Waals surface area contributed by atoms with Crippen molar-refractivity contribution in [3.8, 4) is 0 Å². The van der Waals surface area contributed by atoms with Gasteiger partial charge in [0.15, 0.2) is 0 Å². The predicted molar refractivity (Wildman–Crippen MR) is 81.6 cm³/mol. The van der Waals surface area contributed by atoms with Crippen LogP contribution in [0.4, 0.5) is 0 Å². The highest BCUT2D eigenvalue weighted by Crippen LogP contribution is 2.32. The van der Waals surface area contributed by atoms with Crippen molar-refractivity contribution in [2.45, 2.75) is 23.8 Å². The molecule has 0 fully saturated rings. The molecule has 1 N–H and O–H groups in total. The van der Waals surface area contributed by atoms with Gasteiger partial charge < -0.3 is 4.98 Å². The van der Waals surface area contributed by atoms with Crippen LogP contribution >= 0.6 is 27.7 Å². The Hall–Kier alpha value is -1.33. The third kappa shape index (κ3) is 2.67. The number of hydrogen-bond donors (Lipinski definition) is 1. The molecule has 0 amide bonds. The highest BCUT2D eigenvalue weighted by molar-refractivity contribution is 9.10. The van der Waals surface area contributed by atoms with Gasteiger partial charge in [0.05, 0.1) is 5.39 Å². The maximum atomic E-state index is 4.55. The van der Waals surface area contributed by atoms with Crippen molar-refractivity contribution in [3.63, 3.8) is 0 Å². The van der Waals surface area contributed by atoms with E-state index >= 15 is 0 Å². The van der Waals surface area contributed by atoms with E-state index in [0.29, 0.717) is 0 Å². The molecule has 1 aromatic carbocycles. The Morgan fingerprint density at radius 2 is 1.84 bits per heavy atom. The first kappa shape index (κ1) is 12.7. The van der Waals surface area contributed by atoms with Crippen LogP contribution in [-0.2, 0) is 0 Å². The summed E-state index contributed by atoms with van der Waals surface area (Å²) < 4.78 is 1.08. The predicted octanol–water partition coefficient (Wildman–Crippen LogP) is 4.49. The van der Waals surface area contributed by atoms with E-state index in [-0.39, 0.29) is 0 Å². The standard InChI is InChI=1S/C14H12BrN3S/c1-8-7-12-13(16-8)17-9(2)18-14(12)19-11-5-3-10(15)4-6-11/h3-7H,1-2H3,(H,16,17,18). The van der Waals surface area contributed by atoms with Crippen LogP contribution in [-0.4, -0.2) is 15.0 Å². The quantitative estimate of drug-likeness (QED) is 0.702. The van der Waals surface area contributed by atoms with Crippen molar-refractivity contribution in [1.29, 1.82) is 0 Å². The number of aromatic amines is 1. The highest BCUT2D eigenvalue weighted by atomic mass is 79.9. The van der Waals surface area contributed by atoms with Gasteiger partial charge in [-0.2, -0.15) is 0 Å². The van der Waals surface area contributed by atoms with Crippen LogP contribution in [0.15, 0.2) is 44.7 Å². The normalized spacial score (nSPS) is 11.1. The van der Waals surface area contributed by atoms with Crippen LogP contribution in [0, 0.1) is 13.8 Å². The van der Waals surface area contributed by atoms with E-state index in [9.17, 15) is 0 Å². The molecule has 2 heterocycles. The summed E-state index contributed by atoms with van der Waals surface area (Å²) in [4.78, 5) is 13.4. The molecule has 0 saturated heterocycles. The van der Waals surface area contributed by atoms with E-state index in [2.05, 4.69) is 49.1 Å². The van der Waals surface area contributed by atoms with Gasteiger partial charge in [0.25, 0.3) is 0 Å². The van der Waals surface area contributed by atoms with Gasteiger partial charge in [-0.3, -0.25) is 0 Å². The molecule has 0 unspecified atom stereocenters. The zero-order chi connectivity index (χ0) is 13.4. The second kappa shape index (κ2) is 4.98. The lowest BCUT2D eigenvalue weighted by Crippen LogP contribution is -1.91. The van der Waals surface area contributed by atoms with Crippen molar-refractivity contribution >= 4 is 38.7 Å². The minimum Gasteiger partial charge on any atom is -0.343 e. The molecule has 2 aromatic heterocycles. The van der Waals surface area contributed by atoms with Gasteiger partial charge in [0, 0.05) is 15.1 Å². The summed E-state index contributed by atoms with van der Waals surface area (Å²) in [6.07, 6.45) is 0. The van der Waals surface area contributed by atoms with Crippen molar-refractivity contribution < 1.29 is 0 Å². The first-order valence-corrected chi connectivity index (χ1v) is 7.50. The lowest BCUT2D eigenvalue weighted by Gasteiger charge is -2.03. The number of aromatic nitrogens is 3. The molecule has 3 nitrogen and oxygen atoms in total. The van der Waals surface area contributed by atoms with Crippen LogP contribution in [0.2, 0.25) is 0 Å². The average Bonchev–Trinajstić information content (AvgIpc) is 2.72. The summed E-state index contributed by atoms with van der Waals surface area (Å²) in [6.45, 7) is 3.95. The Bertz CT molecular complexity index is 734. The Morgan fingerprint density at radius 3 is 2.58 bits per heavy atom. The van der Waals surface area contributed by atoms with Crippen LogP contribution in [0.25, 0.3) is 11.0 Å². The van der Waals surface area contributed by atoms with Crippen molar-refractivity contribution in [1.82, 2.24) is 15.0 Å². The molecule has 5 heteroatoms. The molecule has 0 radical (unpaired) electrons. The minimum atomic E-state index is 0.786. The molecule has 0 aliphatic heterocycles. The Balaban J connectivity index is 2.06. The molecule has 19 heavy (non-hydrogen) atoms. The van der Waals surface area contributed by atoms with Crippen LogP contribution < -0.4 is 0 Å². The van der Waals surface area contributed by atoms with Gasteiger partial charge in [0.2, 0.25) is 0 Å². The van der Waals surface area contributed by atoms with E-state index in [0.717, 1.165) is 32.1 Å². The van der Waals surface area contributed by atoms with Gasteiger partial charge >= 0.3 is 0 Å². The number of hydrogen-bond acceptors (Lipinski definition) is 3. The number of rotatable bonds is 2. The second-order valence-corrected chi connectivity index (χ2v) is 6.32. The topological polar surface area (TPSA) is 41.6 Å². The van der Waals surface area contributed by atoms with Gasteiger partial charge in [-0.25, -0.2) is 9.97 Å². The van der Waals surface area contributed by atoms with Gasteiger partial charge in [-0.1, -0.05) is 27.7 Å². The Kier molecular flexibility index (Phi) is 3.33. The summed E-state index contributed by atoms with van der Waals surface area (Å²) in [5.74, 6) is 0.786. The fourth-order valence-electron chi connectivity index (χ4n) is 1.91. The maximum absolute atomic E-state index is 4.55. The van der Waals surface area contributed by atoms with Gasteiger partial charge in [0.1, 0.15) is 16.5 Å². The largest absolute Gasteiger partial charge is 0.343 e. The number of nitrogens with one attached hydrogen (secondary N) is 1. The first-order chi connectivity index (χ1) is 9.11. The molecule has 3 aromatic rings. The third-order valence-corrected chi connectivity index (χ3v) is 4.27. The Labute approximate surface area is 124 Å². The fraction of sp³-hybridized carbons (Fsp3) is 0.143. The third-order valence-electron chi connectivity index (χ3n) is 2.73. The number of halogens is 1. The van der Waals surface area contributed by atoms with Crippen molar-refractivity contribution in [2.75, 3.05) is 0 Å². The SMILES string of the molecule is Cc1nc(Sc2ccc(Br)cc2)c2cc(C)[nH]c2n1. The number of H-pyrrole nitrogens is 1. The lowest BCUT2D eigenvalue weighted by atomic mass is 10.4. The molecule has 0 aliphatic carbocycles. The molecular weight excluding hydrogens is 322 g/mol. The number of benzene rings is 1. The van der Waals surface area contributed by atoms with E-state index in [1.807, 2.05) is 26.0 Å². The first-order valence-electron chi connectivity index (χ1n) is 5.89. The smallest absolute Gasteiger partial charge is 0.142 e. The summed E-state index contributed by atoms with van der Waals surface area (Å²) >= 11 is 5.11. The molecule has 96 valence electrons. The molecule has 0 bridgehead atoms. The molecular formula is C14H12BrN3S. The number of aryl methyl sites for hydroxylation is 2. The maximum Gasteiger partial charge on any atom is 0.142 e. The van der Waals surface area contributed by atoms with E-state index in [4.69, 9.17) is 0 Å². The molecule has 0 saturated carbocycles. The van der Waals surface area contributed by atoms with E-state index in [1.54, 1.807) is 11.8 Å². The minimum absolute atomic E-state index is 0.786. The van der Waals surface area contributed by atoms with E-state index < -0.39 is 0 Å². The number of fused-ring (bicyclic) bond motifs is 1. The lowest BCUT2D eigenvalue weighted by molar-refractivity contribution is 1.00. The average molecular weight is 334 g/mol. The zero-order valence-electron chi connectivity index (χ0n) is 10.6. The molecule has 3 rings (SSSR count). The van der Waals surface area contributed by atoms with Crippen LogP contribution in [0.5, 0.6) is 0 Å². The summed E-state index contributed by atoms with van der Waals surface area (Å²) in [5.41, 5.74) is 2.01. The highest BCUT2D eigenvalue weighted by Gasteiger charge is 2.09. The van der Waals surface area contributed by atoms with Crippen LogP contribution in [0.3, 0.4) is 0 Å². The molecule has 0 spiro atoms. The summed E-state index contributed by atoms with van der Waals surface area (Å²) in [7, 11) is 0. The summed E-state index contributed by atoms with van der Waals surface area (Å²) in [5, 5.41) is 2.07. The van der Waals surface area contributed by atoms with E-state index in [1.165, 1.54) is 4.90 Å². The summed E-state index contributed by atoms with van der Waals surface area (Å²) in [6, 6.07) is 10.3.